The van der Waals surface area contributed by atoms with Crippen LogP contribution in [0.2, 0.25) is 0 Å². The number of rotatable bonds is 5. The van der Waals surface area contributed by atoms with Crippen molar-refractivity contribution >= 4 is 28.3 Å². The minimum atomic E-state index is 0.0246. The van der Waals surface area contributed by atoms with Crippen molar-refractivity contribution in [2.24, 2.45) is 0 Å². The van der Waals surface area contributed by atoms with Crippen LogP contribution in [0, 0.1) is 0 Å². The Kier molecular flexibility index (Phi) is 3.65. The van der Waals surface area contributed by atoms with Gasteiger partial charge < -0.3 is 9.88 Å². The number of aryl methyl sites for hydroxylation is 1. The van der Waals surface area contributed by atoms with Gasteiger partial charge in [0.15, 0.2) is 0 Å². The highest BCUT2D eigenvalue weighted by atomic mass is 32.1. The van der Waals surface area contributed by atoms with Gasteiger partial charge in [0.25, 0.3) is 5.91 Å². The molecule has 0 saturated heterocycles. The third-order valence-electron chi connectivity index (χ3n) is 4.38. The summed E-state index contributed by atoms with van der Waals surface area (Å²) < 4.78 is 2.16. The zero-order valence-electron chi connectivity index (χ0n) is 13.1. The first-order valence-electron chi connectivity index (χ1n) is 8.07. The van der Waals surface area contributed by atoms with Gasteiger partial charge in [-0.25, -0.2) is 4.98 Å². The van der Waals surface area contributed by atoms with Crippen LogP contribution >= 0.6 is 11.3 Å². The van der Waals surface area contributed by atoms with Crippen molar-refractivity contribution in [1.29, 1.82) is 0 Å². The quantitative estimate of drug-likeness (QED) is 0.773. The summed E-state index contributed by atoms with van der Waals surface area (Å²) in [5.41, 5.74) is 3.32. The second-order valence-corrected chi connectivity index (χ2v) is 6.84. The average molecular weight is 325 g/mol. The second kappa shape index (κ2) is 5.81. The van der Waals surface area contributed by atoms with E-state index in [9.17, 15) is 4.79 Å². The maximum absolute atomic E-state index is 12.5. The van der Waals surface area contributed by atoms with E-state index < -0.39 is 0 Å². The van der Waals surface area contributed by atoms with E-state index in [1.165, 1.54) is 29.7 Å². The fourth-order valence-electron chi connectivity index (χ4n) is 3.07. The van der Waals surface area contributed by atoms with Gasteiger partial charge in [0.2, 0.25) is 0 Å². The Bertz CT molecular complexity index is 860. The first kappa shape index (κ1) is 14.5. The summed E-state index contributed by atoms with van der Waals surface area (Å²) in [5, 5.41) is 5.07. The number of nitrogens with one attached hydrogen (secondary N) is 1. The lowest BCUT2D eigenvalue weighted by atomic mass is 10.1. The maximum atomic E-state index is 12.5. The van der Waals surface area contributed by atoms with Crippen LogP contribution in [0.1, 0.15) is 46.7 Å². The smallest absolute Gasteiger partial charge is 0.262 e. The monoisotopic (exact) mass is 325 g/mol. The van der Waals surface area contributed by atoms with Gasteiger partial charge in [0.1, 0.15) is 5.82 Å². The molecule has 0 unspecified atom stereocenters. The number of hydrogen-bond acceptors (Lipinski definition) is 3. The first-order chi connectivity index (χ1) is 11.3. The minimum absolute atomic E-state index is 0.0246. The molecule has 1 amide bonds. The van der Waals surface area contributed by atoms with Crippen molar-refractivity contribution in [2.45, 2.75) is 38.8 Å². The SMILES string of the molecule is CCn1c(CNC(=O)c2sccc2C2CC2)nc2ccccc21. The van der Waals surface area contributed by atoms with E-state index in [1.807, 2.05) is 23.6 Å². The van der Waals surface area contributed by atoms with Gasteiger partial charge in [-0.3, -0.25) is 4.79 Å². The Balaban J connectivity index is 1.54. The molecule has 0 atom stereocenters. The molecular weight excluding hydrogens is 306 g/mol. The van der Waals surface area contributed by atoms with E-state index >= 15 is 0 Å². The molecule has 23 heavy (non-hydrogen) atoms. The largest absolute Gasteiger partial charge is 0.344 e. The normalized spacial score (nSPS) is 14.3. The number of amides is 1. The Labute approximate surface area is 139 Å². The van der Waals surface area contributed by atoms with E-state index in [0.29, 0.717) is 12.5 Å². The number of thiophene rings is 1. The number of carbonyl (C=O) groups is 1. The van der Waals surface area contributed by atoms with Crippen molar-refractivity contribution in [1.82, 2.24) is 14.9 Å². The molecule has 1 N–H and O–H groups in total. The molecule has 0 spiro atoms. The molecule has 5 heteroatoms. The fraction of sp³-hybridized carbons (Fsp3) is 0.333. The highest BCUT2D eigenvalue weighted by Gasteiger charge is 2.28. The Morgan fingerprint density at radius 1 is 1.35 bits per heavy atom. The molecule has 1 aromatic carbocycles. The number of nitrogens with zero attached hydrogens (tertiary/aromatic N) is 2. The molecule has 2 heterocycles. The van der Waals surface area contributed by atoms with Crippen molar-refractivity contribution in [3.8, 4) is 0 Å². The van der Waals surface area contributed by atoms with E-state index in [4.69, 9.17) is 0 Å². The molecule has 118 valence electrons. The number of fused-ring (bicyclic) bond motifs is 1. The third-order valence-corrected chi connectivity index (χ3v) is 5.30. The van der Waals surface area contributed by atoms with Crippen LogP contribution < -0.4 is 5.32 Å². The lowest BCUT2D eigenvalue weighted by Gasteiger charge is -2.08. The zero-order valence-corrected chi connectivity index (χ0v) is 13.9. The summed E-state index contributed by atoms with van der Waals surface area (Å²) in [4.78, 5) is 18.0. The van der Waals surface area contributed by atoms with Crippen molar-refractivity contribution < 1.29 is 4.79 Å². The minimum Gasteiger partial charge on any atom is -0.344 e. The van der Waals surface area contributed by atoms with E-state index in [1.54, 1.807) is 0 Å². The Hall–Kier alpha value is -2.14. The summed E-state index contributed by atoms with van der Waals surface area (Å²) in [7, 11) is 0. The number of aromatic nitrogens is 2. The Morgan fingerprint density at radius 3 is 2.96 bits per heavy atom. The maximum Gasteiger partial charge on any atom is 0.262 e. The third kappa shape index (κ3) is 2.65. The molecule has 1 saturated carbocycles. The molecule has 0 aliphatic heterocycles. The molecule has 1 aliphatic carbocycles. The molecule has 4 nitrogen and oxygen atoms in total. The number of para-hydroxylation sites is 2. The number of benzene rings is 1. The van der Waals surface area contributed by atoms with Crippen LogP contribution in [-0.2, 0) is 13.1 Å². The zero-order chi connectivity index (χ0) is 15.8. The summed E-state index contributed by atoms with van der Waals surface area (Å²) in [5.74, 6) is 1.53. The highest BCUT2D eigenvalue weighted by molar-refractivity contribution is 7.12. The molecular formula is C18H19N3OS. The van der Waals surface area contributed by atoms with Crippen molar-refractivity contribution in [3.63, 3.8) is 0 Å². The molecule has 1 fully saturated rings. The van der Waals surface area contributed by atoms with Gasteiger partial charge in [-0.2, -0.15) is 0 Å². The van der Waals surface area contributed by atoms with Gasteiger partial charge >= 0.3 is 0 Å². The van der Waals surface area contributed by atoms with Gasteiger partial charge in [-0.05, 0) is 54.8 Å². The number of carbonyl (C=O) groups excluding carboxylic acids is 1. The lowest BCUT2D eigenvalue weighted by molar-refractivity contribution is 0.0952. The molecule has 1 aliphatic rings. The second-order valence-electron chi connectivity index (χ2n) is 5.92. The average Bonchev–Trinajstić information content (AvgIpc) is 3.19. The van der Waals surface area contributed by atoms with Crippen molar-refractivity contribution in [2.75, 3.05) is 0 Å². The fourth-order valence-corrected chi connectivity index (χ4v) is 3.97. The summed E-state index contributed by atoms with van der Waals surface area (Å²) in [6, 6.07) is 10.2. The van der Waals surface area contributed by atoms with Gasteiger partial charge in [-0.15, -0.1) is 11.3 Å². The topological polar surface area (TPSA) is 46.9 Å². The standard InChI is InChI=1S/C18H19N3OS/c1-2-21-15-6-4-3-5-14(15)20-16(21)11-19-18(22)17-13(9-10-23-17)12-7-8-12/h3-6,9-10,12H,2,7-8,11H2,1H3,(H,19,22). The highest BCUT2D eigenvalue weighted by Crippen LogP contribution is 2.43. The molecule has 0 radical (unpaired) electrons. The predicted molar refractivity (Wildman–Crippen MR) is 92.9 cm³/mol. The van der Waals surface area contributed by atoms with Crippen LogP contribution in [0.15, 0.2) is 35.7 Å². The molecule has 3 aromatic rings. The van der Waals surface area contributed by atoms with E-state index in [2.05, 4.69) is 33.9 Å². The summed E-state index contributed by atoms with van der Waals surface area (Å²) in [6.07, 6.45) is 2.42. The number of imidazole rings is 1. The van der Waals surface area contributed by atoms with Gasteiger partial charge in [0.05, 0.1) is 22.5 Å². The van der Waals surface area contributed by atoms with Crippen LogP contribution in [0.5, 0.6) is 0 Å². The predicted octanol–water partition coefficient (Wildman–Crippen LogP) is 3.93. The van der Waals surface area contributed by atoms with Crippen LogP contribution in [-0.4, -0.2) is 15.5 Å². The lowest BCUT2D eigenvalue weighted by Crippen LogP contribution is -2.24. The van der Waals surface area contributed by atoms with Gasteiger partial charge in [-0.1, -0.05) is 12.1 Å². The summed E-state index contributed by atoms with van der Waals surface area (Å²) >= 11 is 1.54. The number of hydrogen-bond donors (Lipinski definition) is 1. The van der Waals surface area contributed by atoms with Crippen molar-refractivity contribution in [3.05, 3.63) is 52.0 Å². The van der Waals surface area contributed by atoms with E-state index in [-0.39, 0.29) is 5.91 Å². The van der Waals surface area contributed by atoms with Crippen LogP contribution in [0.3, 0.4) is 0 Å². The Morgan fingerprint density at radius 2 is 2.17 bits per heavy atom. The van der Waals surface area contributed by atoms with E-state index in [0.717, 1.165) is 28.3 Å². The first-order valence-corrected chi connectivity index (χ1v) is 8.95. The van der Waals surface area contributed by atoms with Crippen LogP contribution in [0.4, 0.5) is 0 Å². The van der Waals surface area contributed by atoms with Crippen LogP contribution in [0.25, 0.3) is 11.0 Å². The summed E-state index contributed by atoms with van der Waals surface area (Å²) in [6.45, 7) is 3.41. The molecule has 4 rings (SSSR count). The molecule has 2 aromatic heterocycles. The van der Waals surface area contributed by atoms with Gasteiger partial charge in [0, 0.05) is 6.54 Å². The molecule has 0 bridgehead atoms.